The molecular weight excluding hydrogens is 605 g/mol. The van der Waals surface area contributed by atoms with E-state index in [4.69, 9.17) is 9.47 Å². The van der Waals surface area contributed by atoms with Gasteiger partial charge in [-0.05, 0) is 35.4 Å². The number of phenolic OH excluding ortho intramolecular Hbond substituents is 2. The predicted molar refractivity (Wildman–Crippen MR) is 182 cm³/mol. The molecule has 6 rings (SSSR count). The van der Waals surface area contributed by atoms with Gasteiger partial charge >= 0.3 is 0 Å². The summed E-state index contributed by atoms with van der Waals surface area (Å²) >= 11 is 2.88. The van der Waals surface area contributed by atoms with E-state index in [9.17, 15) is 10.2 Å². The van der Waals surface area contributed by atoms with Crippen molar-refractivity contribution in [3.8, 4) is 45.5 Å². The third-order valence-electron chi connectivity index (χ3n) is 6.94. The lowest BCUT2D eigenvalue weighted by atomic mass is 9.98. The lowest BCUT2D eigenvalue weighted by molar-refractivity contribution is 0.368. The van der Waals surface area contributed by atoms with Gasteiger partial charge in [0.1, 0.15) is 0 Å². The van der Waals surface area contributed by atoms with Crippen LogP contribution >= 0.6 is 22.7 Å². The number of methoxy groups -OCH3 is 2. The number of hydrogen-bond donors (Lipinski definition) is 2. The summed E-state index contributed by atoms with van der Waals surface area (Å²) < 4.78 is 10.9. The highest BCUT2D eigenvalue weighted by atomic mass is 32.1. The first-order chi connectivity index (χ1) is 22.0. The van der Waals surface area contributed by atoms with Gasteiger partial charge in [-0.3, -0.25) is 0 Å². The fourth-order valence-corrected chi connectivity index (χ4v) is 6.04. The monoisotopic (exact) mass is 632 g/mol. The predicted octanol–water partition coefficient (Wildman–Crippen LogP) is 8.45. The lowest BCUT2D eigenvalue weighted by Gasteiger charge is -2.14. The van der Waals surface area contributed by atoms with Gasteiger partial charge in [-0.2, -0.15) is 0 Å². The SMILES string of the molecule is COc1cc(C=Nc2nc(-c3ccccc3)cs2)cc(Cc2cc(C=Nc3nc(-c4ccccc4)cs3)cc(OC)c2O)c1O. The van der Waals surface area contributed by atoms with Gasteiger partial charge in [-0.25, -0.2) is 20.0 Å². The molecule has 2 aromatic heterocycles. The Labute approximate surface area is 268 Å². The average molecular weight is 633 g/mol. The number of nitrogens with zero attached hydrogens (tertiary/aromatic N) is 4. The van der Waals surface area contributed by atoms with E-state index in [2.05, 4.69) is 20.0 Å². The molecule has 0 unspecified atom stereocenters. The molecule has 0 radical (unpaired) electrons. The zero-order valence-corrected chi connectivity index (χ0v) is 26.0. The molecule has 0 atom stereocenters. The molecule has 4 aromatic carbocycles. The molecule has 224 valence electrons. The van der Waals surface area contributed by atoms with Crippen LogP contribution in [0.25, 0.3) is 22.5 Å². The molecular formula is C35H28N4O4S2. The zero-order valence-electron chi connectivity index (χ0n) is 24.4. The number of rotatable bonds is 10. The van der Waals surface area contributed by atoms with Gasteiger partial charge in [-0.1, -0.05) is 60.7 Å². The Morgan fingerprint density at radius 3 is 1.47 bits per heavy atom. The van der Waals surface area contributed by atoms with Crippen molar-refractivity contribution in [2.24, 2.45) is 9.98 Å². The molecule has 0 fully saturated rings. The molecule has 10 heteroatoms. The number of aromatic nitrogens is 2. The summed E-state index contributed by atoms with van der Waals surface area (Å²) in [6.45, 7) is 0. The van der Waals surface area contributed by atoms with Crippen molar-refractivity contribution in [2.45, 2.75) is 6.42 Å². The van der Waals surface area contributed by atoms with Gasteiger partial charge in [0.25, 0.3) is 0 Å². The largest absolute Gasteiger partial charge is 0.504 e. The van der Waals surface area contributed by atoms with Crippen LogP contribution in [0.4, 0.5) is 10.3 Å². The highest BCUT2D eigenvalue weighted by Gasteiger charge is 2.16. The quantitative estimate of drug-likeness (QED) is 0.147. The minimum Gasteiger partial charge on any atom is -0.504 e. The molecule has 0 saturated carbocycles. The maximum Gasteiger partial charge on any atom is 0.209 e. The van der Waals surface area contributed by atoms with Crippen molar-refractivity contribution in [3.63, 3.8) is 0 Å². The van der Waals surface area contributed by atoms with Crippen molar-refractivity contribution in [1.82, 2.24) is 9.97 Å². The summed E-state index contributed by atoms with van der Waals surface area (Å²) in [7, 11) is 2.98. The van der Waals surface area contributed by atoms with E-state index < -0.39 is 0 Å². The maximum atomic E-state index is 11.0. The van der Waals surface area contributed by atoms with Gasteiger partial charge in [-0.15, -0.1) is 22.7 Å². The molecule has 0 aliphatic heterocycles. The van der Waals surface area contributed by atoms with Crippen LogP contribution in [-0.2, 0) is 6.42 Å². The standard InChI is InChI=1S/C35H28N4O4S2/c1-42-30-15-22(18-36-34-38-28(20-44-34)24-9-5-3-6-10-24)13-26(32(30)40)17-27-14-23(16-31(43-2)33(27)41)19-37-35-39-29(21-45-35)25-11-7-4-8-12-25/h3-16,18-21,40-41H,17H2,1-2H3. The number of aromatic hydroxyl groups is 2. The molecule has 0 saturated heterocycles. The molecule has 0 amide bonds. The van der Waals surface area contributed by atoms with Crippen LogP contribution in [-0.4, -0.2) is 46.8 Å². The third-order valence-corrected chi connectivity index (χ3v) is 8.44. The van der Waals surface area contributed by atoms with Crippen LogP contribution in [0.1, 0.15) is 22.3 Å². The van der Waals surface area contributed by atoms with Gasteiger partial charge in [0.05, 0.1) is 25.6 Å². The van der Waals surface area contributed by atoms with Gasteiger partial charge in [0.2, 0.25) is 10.3 Å². The summed E-state index contributed by atoms with van der Waals surface area (Å²) in [5.74, 6) is 0.535. The highest BCUT2D eigenvalue weighted by molar-refractivity contribution is 7.14. The molecule has 2 heterocycles. The van der Waals surface area contributed by atoms with E-state index in [1.165, 1.54) is 36.9 Å². The molecule has 8 nitrogen and oxygen atoms in total. The number of aliphatic imine (C=N–C) groups is 2. The van der Waals surface area contributed by atoms with E-state index in [1.54, 1.807) is 36.7 Å². The van der Waals surface area contributed by atoms with Crippen LogP contribution in [0.2, 0.25) is 0 Å². The Bertz CT molecular complexity index is 1840. The summed E-state index contributed by atoms with van der Waals surface area (Å²) in [6, 6.07) is 26.9. The van der Waals surface area contributed by atoms with E-state index in [0.29, 0.717) is 44.0 Å². The Morgan fingerprint density at radius 2 is 1.07 bits per heavy atom. The smallest absolute Gasteiger partial charge is 0.209 e. The topological polar surface area (TPSA) is 109 Å². The Morgan fingerprint density at radius 1 is 0.644 bits per heavy atom. The minimum absolute atomic E-state index is 0.0241. The Balaban J connectivity index is 1.26. The van der Waals surface area contributed by atoms with E-state index in [1.807, 2.05) is 71.4 Å². The van der Waals surface area contributed by atoms with E-state index in [-0.39, 0.29) is 17.9 Å². The second-order valence-corrected chi connectivity index (χ2v) is 11.6. The molecule has 0 spiro atoms. The second-order valence-electron chi connectivity index (χ2n) is 9.92. The van der Waals surface area contributed by atoms with Crippen molar-refractivity contribution < 1.29 is 19.7 Å². The first kappa shape index (κ1) is 29.7. The summed E-state index contributed by atoms with van der Waals surface area (Å²) in [5, 5.41) is 27.1. The number of phenols is 2. The van der Waals surface area contributed by atoms with E-state index >= 15 is 0 Å². The second kappa shape index (κ2) is 13.5. The number of hydrogen-bond acceptors (Lipinski definition) is 10. The van der Waals surface area contributed by atoms with Crippen LogP contribution in [0.15, 0.2) is 106 Å². The Kier molecular flexibility index (Phi) is 8.95. The normalized spacial score (nSPS) is 11.4. The Hall–Kier alpha value is -5.32. The summed E-state index contributed by atoms with van der Waals surface area (Å²) in [4.78, 5) is 18.4. The number of benzene rings is 4. The van der Waals surface area contributed by atoms with Crippen LogP contribution in [0.5, 0.6) is 23.0 Å². The summed E-state index contributed by atoms with van der Waals surface area (Å²) in [5.41, 5.74) is 6.26. The molecule has 6 aromatic rings. The first-order valence-electron chi connectivity index (χ1n) is 13.9. The minimum atomic E-state index is -0.0241. The fourth-order valence-electron chi connectivity index (χ4n) is 4.70. The van der Waals surface area contributed by atoms with E-state index in [0.717, 1.165) is 22.5 Å². The van der Waals surface area contributed by atoms with Crippen molar-refractivity contribution in [1.29, 1.82) is 0 Å². The summed E-state index contributed by atoms with van der Waals surface area (Å²) in [6.07, 6.45) is 3.55. The number of ether oxygens (including phenoxy) is 2. The fraction of sp³-hybridized carbons (Fsp3) is 0.0857. The molecule has 45 heavy (non-hydrogen) atoms. The van der Waals surface area contributed by atoms with Crippen molar-refractivity contribution in [2.75, 3.05) is 14.2 Å². The third kappa shape index (κ3) is 6.93. The van der Waals surface area contributed by atoms with Crippen molar-refractivity contribution in [3.05, 3.63) is 118 Å². The first-order valence-corrected chi connectivity index (χ1v) is 15.7. The molecule has 0 aliphatic rings. The van der Waals surface area contributed by atoms with Crippen molar-refractivity contribution >= 4 is 45.4 Å². The van der Waals surface area contributed by atoms with Gasteiger partial charge in [0.15, 0.2) is 23.0 Å². The van der Waals surface area contributed by atoms with Crippen LogP contribution in [0.3, 0.4) is 0 Å². The highest BCUT2D eigenvalue weighted by Crippen LogP contribution is 2.38. The number of thiazole rings is 2. The van der Waals surface area contributed by atoms with Gasteiger partial charge < -0.3 is 19.7 Å². The molecule has 0 bridgehead atoms. The average Bonchev–Trinajstić information content (AvgIpc) is 3.76. The molecule has 0 aliphatic carbocycles. The van der Waals surface area contributed by atoms with Crippen LogP contribution < -0.4 is 9.47 Å². The molecule has 2 N–H and O–H groups in total. The van der Waals surface area contributed by atoms with Crippen LogP contribution in [0, 0.1) is 0 Å². The lowest BCUT2D eigenvalue weighted by Crippen LogP contribution is -1.98. The maximum absolute atomic E-state index is 11.0. The van der Waals surface area contributed by atoms with Gasteiger partial charge in [0, 0.05) is 51.9 Å². The zero-order chi connectivity index (χ0) is 31.2.